The molecule has 2 aromatic carbocycles. The fourth-order valence-corrected chi connectivity index (χ4v) is 3.63. The summed E-state index contributed by atoms with van der Waals surface area (Å²) in [4.78, 5) is 17.0. The van der Waals surface area contributed by atoms with Gasteiger partial charge in [-0.25, -0.2) is 9.50 Å². The van der Waals surface area contributed by atoms with E-state index in [2.05, 4.69) is 31.3 Å². The quantitative estimate of drug-likeness (QED) is 0.326. The number of halogens is 5. The summed E-state index contributed by atoms with van der Waals surface area (Å²) >= 11 is 9.58. The number of alkyl halides is 3. The van der Waals surface area contributed by atoms with E-state index in [9.17, 15) is 18.0 Å². The van der Waals surface area contributed by atoms with Gasteiger partial charge in [-0.15, -0.1) is 0 Å². The zero-order valence-electron chi connectivity index (χ0n) is 16.5. The maximum absolute atomic E-state index is 13.8. The molecule has 0 fully saturated rings. The van der Waals surface area contributed by atoms with Crippen LogP contribution in [-0.4, -0.2) is 20.5 Å². The lowest BCUT2D eigenvalue weighted by Gasteiger charge is -2.11. The van der Waals surface area contributed by atoms with E-state index >= 15 is 0 Å². The van der Waals surface area contributed by atoms with Crippen LogP contribution in [0, 0.1) is 0 Å². The molecule has 0 saturated carbocycles. The fourth-order valence-electron chi connectivity index (χ4n) is 3.12. The highest BCUT2D eigenvalue weighted by atomic mass is 79.9. The van der Waals surface area contributed by atoms with Gasteiger partial charge in [-0.1, -0.05) is 58.7 Å². The molecule has 0 aliphatic carbocycles. The Bertz CT molecular complexity index is 1300. The minimum absolute atomic E-state index is 0.0567. The van der Waals surface area contributed by atoms with Gasteiger partial charge in [0.15, 0.2) is 17.0 Å². The van der Waals surface area contributed by atoms with E-state index in [1.165, 1.54) is 0 Å². The molecular weight excluding hydrogens is 509 g/mol. The topological polar surface area (TPSA) is 59.3 Å². The van der Waals surface area contributed by atoms with Crippen LogP contribution in [0.15, 0.2) is 59.1 Å². The van der Waals surface area contributed by atoms with Crippen LogP contribution >= 0.6 is 27.5 Å². The smallest absolute Gasteiger partial charge is 0.321 e. The highest BCUT2D eigenvalue weighted by molar-refractivity contribution is 9.10. The summed E-state index contributed by atoms with van der Waals surface area (Å²) < 4.78 is 42.7. The lowest BCUT2D eigenvalue weighted by atomic mass is 10.1. The highest BCUT2D eigenvalue weighted by Gasteiger charge is 2.36. The van der Waals surface area contributed by atoms with Crippen molar-refractivity contribution in [3.05, 3.63) is 81.0 Å². The minimum atomic E-state index is -4.75. The van der Waals surface area contributed by atoms with E-state index < -0.39 is 17.8 Å². The Morgan fingerprint density at radius 1 is 1.12 bits per heavy atom. The van der Waals surface area contributed by atoms with Gasteiger partial charge in [0, 0.05) is 15.7 Å². The van der Waals surface area contributed by atoms with Crippen molar-refractivity contribution in [2.75, 3.05) is 5.32 Å². The number of carbonyl (C=O) groups excluding carboxylic acids is 1. The van der Waals surface area contributed by atoms with Crippen LogP contribution in [-0.2, 0) is 12.6 Å². The van der Waals surface area contributed by atoms with Crippen molar-refractivity contribution in [1.82, 2.24) is 14.6 Å². The highest BCUT2D eigenvalue weighted by Crippen LogP contribution is 2.35. The van der Waals surface area contributed by atoms with Gasteiger partial charge >= 0.3 is 6.18 Å². The van der Waals surface area contributed by atoms with E-state index in [0.717, 1.165) is 22.5 Å². The van der Waals surface area contributed by atoms with E-state index in [1.807, 2.05) is 19.1 Å². The summed E-state index contributed by atoms with van der Waals surface area (Å²) in [6.07, 6.45) is -3.91. The maximum atomic E-state index is 13.8. The SMILES string of the molecule is CCc1ccc(NC(=O)c2nn3c(C(F)(F)F)cc(-c4ccc(Br)cc4)nc3c2Cl)cc1. The van der Waals surface area contributed by atoms with Gasteiger partial charge in [0.1, 0.15) is 5.02 Å². The van der Waals surface area contributed by atoms with Crippen molar-refractivity contribution in [3.8, 4) is 11.3 Å². The lowest BCUT2D eigenvalue weighted by Crippen LogP contribution is -2.15. The first-order chi connectivity index (χ1) is 15.2. The largest absolute Gasteiger partial charge is 0.433 e. The molecule has 5 nitrogen and oxygen atoms in total. The van der Waals surface area contributed by atoms with Crippen LogP contribution < -0.4 is 5.32 Å². The molecule has 2 aromatic heterocycles. The van der Waals surface area contributed by atoms with Crippen molar-refractivity contribution in [2.24, 2.45) is 0 Å². The second-order valence-corrected chi connectivity index (χ2v) is 8.23. The molecule has 0 unspecified atom stereocenters. The molecule has 0 aliphatic rings. The van der Waals surface area contributed by atoms with E-state index in [0.29, 0.717) is 15.8 Å². The predicted octanol–water partition coefficient (Wildman–Crippen LogP) is 6.65. The van der Waals surface area contributed by atoms with Crippen molar-refractivity contribution < 1.29 is 18.0 Å². The predicted molar refractivity (Wildman–Crippen MR) is 120 cm³/mol. The van der Waals surface area contributed by atoms with Crippen LogP contribution in [0.3, 0.4) is 0 Å². The average Bonchev–Trinajstić information content (AvgIpc) is 3.10. The molecule has 1 amide bonds. The average molecular weight is 524 g/mol. The number of amides is 1. The summed E-state index contributed by atoms with van der Waals surface area (Å²) in [5, 5.41) is 6.18. The molecule has 0 radical (unpaired) electrons. The van der Waals surface area contributed by atoms with Gasteiger partial charge in [-0.05, 0) is 42.3 Å². The molecule has 0 aliphatic heterocycles. The van der Waals surface area contributed by atoms with Crippen molar-refractivity contribution in [3.63, 3.8) is 0 Å². The van der Waals surface area contributed by atoms with Crippen LogP contribution in [0.4, 0.5) is 18.9 Å². The molecule has 10 heteroatoms. The van der Waals surface area contributed by atoms with Crippen molar-refractivity contribution in [2.45, 2.75) is 19.5 Å². The maximum Gasteiger partial charge on any atom is 0.433 e. The molecule has 4 aromatic rings. The number of hydrogen-bond acceptors (Lipinski definition) is 3. The van der Waals surface area contributed by atoms with E-state index in [4.69, 9.17) is 11.6 Å². The Hall–Kier alpha value is -2.91. The minimum Gasteiger partial charge on any atom is -0.321 e. The number of anilines is 1. The summed E-state index contributed by atoms with van der Waals surface area (Å²) in [6, 6.07) is 14.6. The number of nitrogens with one attached hydrogen (secondary N) is 1. The number of carbonyl (C=O) groups is 1. The number of nitrogens with zero attached hydrogens (tertiary/aromatic N) is 3. The van der Waals surface area contributed by atoms with Gasteiger partial charge in [0.05, 0.1) is 5.69 Å². The zero-order chi connectivity index (χ0) is 23.0. The standard InChI is InChI=1S/C22H15BrClF3N4O/c1-2-12-3-9-15(10-4-12)28-21(32)19-18(24)20-29-16(13-5-7-14(23)8-6-13)11-17(22(25,26)27)31(20)30-19/h3-11H,2H2,1H3,(H,28,32). The molecule has 164 valence electrons. The van der Waals surface area contributed by atoms with Crippen molar-refractivity contribution >= 4 is 44.8 Å². The van der Waals surface area contributed by atoms with Gasteiger partial charge < -0.3 is 5.32 Å². The number of fused-ring (bicyclic) bond motifs is 1. The number of rotatable bonds is 4. The molecule has 4 rings (SSSR count). The van der Waals surface area contributed by atoms with Gasteiger partial charge in [0.2, 0.25) is 0 Å². The third kappa shape index (κ3) is 4.35. The molecule has 0 bridgehead atoms. The number of aryl methyl sites for hydroxylation is 1. The summed E-state index contributed by atoms with van der Waals surface area (Å²) in [5.41, 5.74) is 0.367. The molecule has 1 N–H and O–H groups in total. The van der Waals surface area contributed by atoms with Crippen molar-refractivity contribution in [1.29, 1.82) is 0 Å². The van der Waals surface area contributed by atoms with Crippen LogP contribution in [0.5, 0.6) is 0 Å². The Morgan fingerprint density at radius 2 is 1.78 bits per heavy atom. The van der Waals surface area contributed by atoms with Gasteiger partial charge in [0.25, 0.3) is 5.91 Å². The molecular formula is C22H15BrClF3N4O. The molecule has 0 saturated heterocycles. The summed E-state index contributed by atoms with van der Waals surface area (Å²) in [7, 11) is 0. The lowest BCUT2D eigenvalue weighted by molar-refractivity contribution is -0.142. The first-order valence-electron chi connectivity index (χ1n) is 9.50. The molecule has 2 heterocycles. The second-order valence-electron chi connectivity index (χ2n) is 6.93. The second kappa shape index (κ2) is 8.55. The normalized spacial score (nSPS) is 11.7. The molecule has 0 atom stereocenters. The van der Waals surface area contributed by atoms with Crippen LogP contribution in [0.25, 0.3) is 16.9 Å². The Kier molecular flexibility index (Phi) is 5.96. The van der Waals surface area contributed by atoms with Crippen LogP contribution in [0.2, 0.25) is 5.02 Å². The van der Waals surface area contributed by atoms with Gasteiger partial charge in [-0.2, -0.15) is 18.3 Å². The monoisotopic (exact) mass is 522 g/mol. The fraction of sp³-hybridized carbons (Fsp3) is 0.136. The molecule has 0 spiro atoms. The zero-order valence-corrected chi connectivity index (χ0v) is 18.9. The number of aromatic nitrogens is 3. The van der Waals surface area contributed by atoms with Crippen LogP contribution in [0.1, 0.15) is 28.7 Å². The summed E-state index contributed by atoms with van der Waals surface area (Å²) in [6.45, 7) is 2.00. The number of benzene rings is 2. The van der Waals surface area contributed by atoms with E-state index in [-0.39, 0.29) is 22.1 Å². The summed E-state index contributed by atoms with van der Waals surface area (Å²) in [5.74, 6) is -0.733. The first-order valence-corrected chi connectivity index (χ1v) is 10.7. The third-order valence-electron chi connectivity index (χ3n) is 4.80. The van der Waals surface area contributed by atoms with E-state index in [1.54, 1.807) is 36.4 Å². The molecule has 32 heavy (non-hydrogen) atoms. The first kappa shape index (κ1) is 22.3. The Labute approximate surface area is 194 Å². The Morgan fingerprint density at radius 3 is 2.38 bits per heavy atom. The Balaban J connectivity index is 1.80. The number of hydrogen-bond donors (Lipinski definition) is 1. The third-order valence-corrected chi connectivity index (χ3v) is 5.68. The van der Waals surface area contributed by atoms with Gasteiger partial charge in [-0.3, -0.25) is 4.79 Å².